The monoisotopic (exact) mass is 306 g/mol. The van der Waals surface area contributed by atoms with Gasteiger partial charge in [-0.05, 0) is 37.3 Å². The fourth-order valence-corrected chi connectivity index (χ4v) is 1.76. The average Bonchev–Trinajstić information content (AvgIpc) is 2.50. The third-order valence-electron chi connectivity index (χ3n) is 2.72. The molecule has 0 bridgehead atoms. The molecule has 0 aliphatic rings. The van der Waals surface area contributed by atoms with Crippen molar-refractivity contribution in [3.8, 4) is 5.75 Å². The number of nitrogens with zero attached hydrogens (tertiary/aromatic N) is 1. The minimum Gasteiger partial charge on any atom is -0.482 e. The van der Waals surface area contributed by atoms with E-state index < -0.39 is 11.9 Å². The molecule has 0 saturated heterocycles. The molecule has 1 unspecified atom stereocenters. The Labute approximate surface area is 128 Å². The first kappa shape index (κ1) is 17.6. The van der Waals surface area contributed by atoms with Gasteiger partial charge in [-0.1, -0.05) is 0 Å². The summed E-state index contributed by atoms with van der Waals surface area (Å²) in [4.78, 5) is 14.8. The molecule has 118 valence electrons. The number of halogens is 1. The highest BCUT2D eigenvalue weighted by Gasteiger charge is 2.14. The number of anilines is 1. The summed E-state index contributed by atoms with van der Waals surface area (Å²) in [6.07, 6.45) is 1.70. The van der Waals surface area contributed by atoms with Crippen molar-refractivity contribution < 1.29 is 18.7 Å². The number of ether oxygens (including phenoxy) is 2. The Balaban J connectivity index is 0.000000745. The van der Waals surface area contributed by atoms with Gasteiger partial charge in [0, 0.05) is 31.5 Å². The summed E-state index contributed by atoms with van der Waals surface area (Å²) in [5, 5.41) is 0. The Hall–Kier alpha value is -2.47. The minimum absolute atomic E-state index is 0.249. The van der Waals surface area contributed by atoms with Crippen LogP contribution in [0.4, 0.5) is 10.2 Å². The molecule has 1 heterocycles. The number of methoxy groups -OCH3 is 1. The molecular weight excluding hydrogens is 287 g/mol. The average molecular weight is 306 g/mol. The van der Waals surface area contributed by atoms with Crippen LogP contribution < -0.4 is 10.5 Å². The molecule has 0 fully saturated rings. The van der Waals surface area contributed by atoms with E-state index in [0.717, 1.165) is 0 Å². The number of aldehydes is 1. The highest BCUT2D eigenvalue weighted by molar-refractivity contribution is 5.77. The van der Waals surface area contributed by atoms with E-state index in [1.165, 1.54) is 18.2 Å². The number of rotatable bonds is 4. The van der Waals surface area contributed by atoms with E-state index in [2.05, 4.69) is 9.72 Å². The highest BCUT2D eigenvalue weighted by atomic mass is 19.1. The van der Waals surface area contributed by atoms with Gasteiger partial charge >= 0.3 is 0 Å². The van der Waals surface area contributed by atoms with Crippen LogP contribution in [0, 0.1) is 5.82 Å². The first-order valence-electron chi connectivity index (χ1n) is 6.55. The van der Waals surface area contributed by atoms with Crippen LogP contribution in [0.5, 0.6) is 5.75 Å². The largest absolute Gasteiger partial charge is 0.482 e. The summed E-state index contributed by atoms with van der Waals surface area (Å²) >= 11 is 0. The molecule has 1 atom stereocenters. The molecule has 1 aromatic heterocycles. The van der Waals surface area contributed by atoms with Crippen LogP contribution in [0.25, 0.3) is 0 Å². The Morgan fingerprint density at radius 2 is 2.00 bits per heavy atom. The summed E-state index contributed by atoms with van der Waals surface area (Å²) in [7, 11) is 3.25. The Bertz CT molecular complexity index is 620. The van der Waals surface area contributed by atoms with Crippen molar-refractivity contribution in [1.82, 2.24) is 4.98 Å². The van der Waals surface area contributed by atoms with Gasteiger partial charge in [-0.3, -0.25) is 4.79 Å². The van der Waals surface area contributed by atoms with Gasteiger partial charge in [0.2, 0.25) is 0 Å². The van der Waals surface area contributed by atoms with E-state index in [9.17, 15) is 9.18 Å². The molecule has 0 saturated carbocycles. The molecule has 0 aliphatic carbocycles. The number of aromatic nitrogens is 1. The summed E-state index contributed by atoms with van der Waals surface area (Å²) in [5.74, 6) is 0.227. The Kier molecular flexibility index (Phi) is 6.98. The van der Waals surface area contributed by atoms with Gasteiger partial charge in [0.05, 0.1) is 0 Å². The van der Waals surface area contributed by atoms with Crippen molar-refractivity contribution in [2.75, 3.05) is 20.0 Å². The molecule has 5 nitrogen and oxygen atoms in total. The van der Waals surface area contributed by atoms with Crippen LogP contribution >= 0.6 is 0 Å². The standard InChI is InChI=1S/C14H13FN2O2.C2H6O/c1-9(19-13-3-2-6-17-14(13)16)12-7-11(15)5-4-10(12)8-18;1-3-2/h2-9H,1H3,(H2,16,17);1-2H3. The van der Waals surface area contributed by atoms with E-state index in [0.29, 0.717) is 23.2 Å². The van der Waals surface area contributed by atoms with E-state index in [4.69, 9.17) is 10.5 Å². The van der Waals surface area contributed by atoms with Crippen molar-refractivity contribution >= 4 is 12.1 Å². The molecule has 2 aromatic rings. The van der Waals surface area contributed by atoms with Gasteiger partial charge in [-0.15, -0.1) is 0 Å². The quantitative estimate of drug-likeness (QED) is 0.879. The number of benzene rings is 1. The van der Waals surface area contributed by atoms with Crippen molar-refractivity contribution in [3.63, 3.8) is 0 Å². The number of nitrogens with two attached hydrogens (primary N) is 1. The summed E-state index contributed by atoms with van der Waals surface area (Å²) in [6, 6.07) is 7.28. The lowest BCUT2D eigenvalue weighted by molar-refractivity contribution is 0.111. The first-order chi connectivity index (χ1) is 10.5. The Morgan fingerprint density at radius 1 is 1.32 bits per heavy atom. The lowest BCUT2D eigenvalue weighted by atomic mass is 10.0. The van der Waals surface area contributed by atoms with Crippen LogP contribution in [0.15, 0.2) is 36.5 Å². The molecule has 0 aliphatic heterocycles. The molecule has 2 rings (SSSR count). The molecule has 6 heteroatoms. The second kappa shape index (κ2) is 8.74. The molecule has 2 N–H and O–H groups in total. The first-order valence-corrected chi connectivity index (χ1v) is 6.55. The van der Waals surface area contributed by atoms with Crippen molar-refractivity contribution in [2.24, 2.45) is 0 Å². The molecule has 0 spiro atoms. The number of carbonyl (C=O) groups is 1. The fraction of sp³-hybridized carbons (Fsp3) is 0.250. The van der Waals surface area contributed by atoms with Gasteiger partial charge in [0.15, 0.2) is 11.6 Å². The van der Waals surface area contributed by atoms with Crippen LogP contribution in [-0.2, 0) is 4.74 Å². The van der Waals surface area contributed by atoms with E-state index in [1.807, 2.05) is 0 Å². The number of hydrogen-bond acceptors (Lipinski definition) is 5. The predicted octanol–water partition coefficient (Wildman–Crippen LogP) is 3.02. The van der Waals surface area contributed by atoms with Gasteiger partial charge < -0.3 is 15.2 Å². The van der Waals surface area contributed by atoms with Gasteiger partial charge in [0.1, 0.15) is 18.2 Å². The number of carbonyl (C=O) groups excluding carboxylic acids is 1. The smallest absolute Gasteiger partial charge is 0.166 e. The number of pyridine rings is 1. The summed E-state index contributed by atoms with van der Waals surface area (Å²) in [6.45, 7) is 1.72. The van der Waals surface area contributed by atoms with Gasteiger partial charge in [-0.25, -0.2) is 9.37 Å². The van der Waals surface area contributed by atoms with Crippen LogP contribution in [0.3, 0.4) is 0 Å². The minimum atomic E-state index is -0.512. The van der Waals surface area contributed by atoms with Crippen LogP contribution in [0.1, 0.15) is 28.9 Å². The summed E-state index contributed by atoms with van der Waals surface area (Å²) in [5.41, 5.74) is 6.52. The predicted molar refractivity (Wildman–Crippen MR) is 82.4 cm³/mol. The second-order valence-corrected chi connectivity index (χ2v) is 4.45. The topological polar surface area (TPSA) is 74.4 Å². The lowest BCUT2D eigenvalue weighted by Crippen LogP contribution is -2.08. The highest BCUT2D eigenvalue weighted by Crippen LogP contribution is 2.27. The SMILES string of the molecule is CC(Oc1cccnc1N)c1cc(F)ccc1C=O.COC. The number of hydrogen-bond donors (Lipinski definition) is 1. The Morgan fingerprint density at radius 3 is 2.59 bits per heavy atom. The van der Waals surface area contributed by atoms with Crippen LogP contribution in [0.2, 0.25) is 0 Å². The van der Waals surface area contributed by atoms with Gasteiger partial charge in [-0.2, -0.15) is 0 Å². The van der Waals surface area contributed by atoms with E-state index >= 15 is 0 Å². The van der Waals surface area contributed by atoms with Crippen LogP contribution in [-0.4, -0.2) is 25.5 Å². The maximum atomic E-state index is 13.3. The fourth-order valence-electron chi connectivity index (χ4n) is 1.76. The third-order valence-corrected chi connectivity index (χ3v) is 2.72. The second-order valence-electron chi connectivity index (χ2n) is 4.45. The molecule has 0 radical (unpaired) electrons. The normalized spacial score (nSPS) is 11.1. The molecule has 0 amide bonds. The maximum Gasteiger partial charge on any atom is 0.166 e. The van der Waals surface area contributed by atoms with E-state index in [1.54, 1.807) is 39.5 Å². The molecule has 1 aromatic carbocycles. The summed E-state index contributed by atoms with van der Waals surface area (Å²) < 4.78 is 23.1. The molecular formula is C16H19FN2O3. The lowest BCUT2D eigenvalue weighted by Gasteiger charge is -2.17. The van der Waals surface area contributed by atoms with Crippen molar-refractivity contribution in [2.45, 2.75) is 13.0 Å². The molecule has 22 heavy (non-hydrogen) atoms. The van der Waals surface area contributed by atoms with Crippen molar-refractivity contribution in [1.29, 1.82) is 0 Å². The third kappa shape index (κ3) is 4.82. The maximum absolute atomic E-state index is 13.3. The van der Waals surface area contributed by atoms with Crippen molar-refractivity contribution in [3.05, 3.63) is 53.5 Å². The zero-order valence-corrected chi connectivity index (χ0v) is 12.7. The van der Waals surface area contributed by atoms with E-state index in [-0.39, 0.29) is 5.82 Å². The van der Waals surface area contributed by atoms with Gasteiger partial charge in [0.25, 0.3) is 0 Å². The zero-order chi connectivity index (χ0) is 16.5. The zero-order valence-electron chi connectivity index (χ0n) is 12.7. The number of nitrogen functional groups attached to an aromatic ring is 1.